The molecule has 104 valence electrons. The van der Waals surface area contributed by atoms with Gasteiger partial charge >= 0.3 is 0 Å². The first-order valence-electron chi connectivity index (χ1n) is 5.78. The van der Waals surface area contributed by atoms with Gasteiger partial charge in [0.2, 0.25) is 0 Å². The monoisotopic (exact) mass is 377 g/mol. The molecule has 0 aromatic carbocycles. The van der Waals surface area contributed by atoms with Gasteiger partial charge in [-0.15, -0.1) is 24.0 Å². The Balaban J connectivity index is 0. The third-order valence-electron chi connectivity index (χ3n) is 1.98. The van der Waals surface area contributed by atoms with Crippen LogP contribution < -0.4 is 10.6 Å². The Kier molecular flexibility index (Phi) is 12.6. The summed E-state index contributed by atoms with van der Waals surface area (Å²) in [6.07, 6.45) is 0.976. The summed E-state index contributed by atoms with van der Waals surface area (Å²) >= 11 is 0. The van der Waals surface area contributed by atoms with Gasteiger partial charge < -0.3 is 10.6 Å². The van der Waals surface area contributed by atoms with Crippen LogP contribution in [0, 0.1) is 0 Å². The minimum Gasteiger partial charge on any atom is -0.357 e. The van der Waals surface area contributed by atoms with E-state index in [0.717, 1.165) is 19.5 Å². The maximum atomic E-state index is 11.3. The fourth-order valence-electron chi connectivity index (χ4n) is 1.03. The molecule has 0 bridgehead atoms. The molecule has 2 N–H and O–H groups in total. The van der Waals surface area contributed by atoms with Crippen LogP contribution in [0.4, 0.5) is 0 Å². The lowest BCUT2D eigenvalue weighted by Crippen LogP contribution is -2.39. The van der Waals surface area contributed by atoms with Gasteiger partial charge in [0, 0.05) is 25.4 Å². The highest BCUT2D eigenvalue weighted by atomic mass is 127. The zero-order valence-electron chi connectivity index (χ0n) is 10.8. The highest BCUT2D eigenvalue weighted by Crippen LogP contribution is 1.87. The zero-order valence-corrected chi connectivity index (χ0v) is 14.0. The van der Waals surface area contributed by atoms with E-state index in [1.165, 1.54) is 0 Å². The molecule has 0 aromatic heterocycles. The van der Waals surface area contributed by atoms with E-state index >= 15 is 0 Å². The SMILES string of the molecule is CCCN=C(NCC)NCCS(=O)(=O)CC.I. The van der Waals surface area contributed by atoms with Crippen LogP contribution in [0.3, 0.4) is 0 Å². The minimum absolute atomic E-state index is 0. The molecule has 0 heterocycles. The van der Waals surface area contributed by atoms with Crippen LogP contribution in [0.15, 0.2) is 4.99 Å². The highest BCUT2D eigenvalue weighted by molar-refractivity contribution is 14.0. The maximum absolute atomic E-state index is 11.3. The molecule has 0 atom stereocenters. The van der Waals surface area contributed by atoms with Crippen LogP contribution in [0.25, 0.3) is 0 Å². The average Bonchev–Trinajstić information content (AvgIpc) is 2.25. The van der Waals surface area contributed by atoms with Gasteiger partial charge in [0.1, 0.15) is 0 Å². The van der Waals surface area contributed by atoms with Crippen molar-refractivity contribution in [2.24, 2.45) is 4.99 Å². The van der Waals surface area contributed by atoms with E-state index < -0.39 is 9.84 Å². The second-order valence-electron chi connectivity index (χ2n) is 3.42. The smallest absolute Gasteiger partial charge is 0.191 e. The molecular weight excluding hydrogens is 353 g/mol. The van der Waals surface area contributed by atoms with Crippen molar-refractivity contribution >= 4 is 39.8 Å². The fraction of sp³-hybridized carbons (Fsp3) is 0.900. The number of guanidine groups is 1. The Hall–Kier alpha value is -0.0500. The number of nitrogens with zero attached hydrogens (tertiary/aromatic N) is 1. The van der Waals surface area contributed by atoms with Gasteiger partial charge in [0.15, 0.2) is 15.8 Å². The summed E-state index contributed by atoms with van der Waals surface area (Å²) in [5.74, 6) is 1.04. The Morgan fingerprint density at radius 3 is 2.29 bits per heavy atom. The number of sulfone groups is 1. The molecule has 0 spiro atoms. The first-order chi connectivity index (χ1) is 7.55. The quantitative estimate of drug-likeness (QED) is 0.395. The van der Waals surface area contributed by atoms with Gasteiger partial charge in [0.25, 0.3) is 0 Å². The molecule has 0 aliphatic carbocycles. The number of rotatable bonds is 7. The minimum atomic E-state index is -2.90. The van der Waals surface area contributed by atoms with Gasteiger partial charge in [-0.1, -0.05) is 13.8 Å². The van der Waals surface area contributed by atoms with E-state index in [4.69, 9.17) is 0 Å². The van der Waals surface area contributed by atoms with Gasteiger partial charge in [-0.25, -0.2) is 8.42 Å². The normalized spacial score (nSPS) is 11.8. The van der Waals surface area contributed by atoms with Crippen molar-refractivity contribution in [2.75, 3.05) is 31.1 Å². The lowest BCUT2D eigenvalue weighted by atomic mass is 10.5. The average molecular weight is 377 g/mol. The van der Waals surface area contributed by atoms with E-state index in [0.29, 0.717) is 12.5 Å². The number of hydrogen-bond donors (Lipinski definition) is 2. The van der Waals surface area contributed by atoms with E-state index in [2.05, 4.69) is 22.5 Å². The summed E-state index contributed by atoms with van der Waals surface area (Å²) in [6.45, 7) is 7.61. The van der Waals surface area contributed by atoms with Gasteiger partial charge in [-0.2, -0.15) is 0 Å². The summed E-state index contributed by atoms with van der Waals surface area (Å²) in [5, 5.41) is 6.07. The summed E-state index contributed by atoms with van der Waals surface area (Å²) in [6, 6.07) is 0. The molecule has 0 aliphatic heterocycles. The van der Waals surface area contributed by atoms with Crippen molar-refractivity contribution in [1.82, 2.24) is 10.6 Å². The molecule has 0 saturated carbocycles. The third-order valence-corrected chi connectivity index (χ3v) is 3.69. The second-order valence-corrected chi connectivity index (χ2v) is 5.90. The molecule has 0 saturated heterocycles. The Bertz CT molecular complexity index is 305. The first-order valence-corrected chi connectivity index (χ1v) is 7.60. The highest BCUT2D eigenvalue weighted by Gasteiger charge is 2.06. The predicted octanol–water partition coefficient (Wildman–Crippen LogP) is 1.00. The van der Waals surface area contributed by atoms with Crippen LogP contribution in [0.5, 0.6) is 0 Å². The molecule has 17 heavy (non-hydrogen) atoms. The van der Waals surface area contributed by atoms with Crippen molar-refractivity contribution in [2.45, 2.75) is 27.2 Å². The molecule has 0 aliphatic rings. The van der Waals surface area contributed by atoms with Crippen molar-refractivity contribution in [3.8, 4) is 0 Å². The summed E-state index contributed by atoms with van der Waals surface area (Å²) < 4.78 is 22.5. The molecule has 5 nitrogen and oxygen atoms in total. The molecule has 0 radical (unpaired) electrons. The van der Waals surface area contributed by atoms with E-state index in [1.54, 1.807) is 6.92 Å². The molecule has 0 aromatic rings. The maximum Gasteiger partial charge on any atom is 0.191 e. The van der Waals surface area contributed by atoms with Crippen LogP contribution in [0.1, 0.15) is 27.2 Å². The lowest BCUT2D eigenvalue weighted by molar-refractivity contribution is 0.595. The largest absolute Gasteiger partial charge is 0.357 e. The zero-order chi connectivity index (χ0) is 12.4. The predicted molar refractivity (Wildman–Crippen MR) is 84.0 cm³/mol. The topological polar surface area (TPSA) is 70.6 Å². The van der Waals surface area contributed by atoms with Crippen molar-refractivity contribution in [3.05, 3.63) is 0 Å². The second kappa shape index (κ2) is 11.1. The number of nitrogens with one attached hydrogen (secondary N) is 2. The standard InChI is InChI=1S/C10H23N3O2S.HI/c1-4-7-12-10(11-5-2)13-8-9-16(14,15)6-3;/h4-9H2,1-3H3,(H2,11,12,13);1H. The number of halogens is 1. The van der Waals surface area contributed by atoms with Gasteiger partial charge in [-0.05, 0) is 13.3 Å². The Morgan fingerprint density at radius 1 is 1.18 bits per heavy atom. The third kappa shape index (κ3) is 10.8. The molecule has 0 amide bonds. The summed E-state index contributed by atoms with van der Waals surface area (Å²) in [5.41, 5.74) is 0. The van der Waals surface area contributed by atoms with Crippen molar-refractivity contribution in [1.29, 1.82) is 0 Å². The molecule has 7 heteroatoms. The van der Waals surface area contributed by atoms with E-state index in [1.807, 2.05) is 6.92 Å². The molecular formula is C10H24IN3O2S. The van der Waals surface area contributed by atoms with Crippen LogP contribution >= 0.6 is 24.0 Å². The van der Waals surface area contributed by atoms with Gasteiger partial charge in [0.05, 0.1) is 5.75 Å². The summed E-state index contributed by atoms with van der Waals surface area (Å²) in [7, 11) is -2.90. The van der Waals surface area contributed by atoms with E-state index in [9.17, 15) is 8.42 Å². The number of aliphatic imine (C=N–C) groups is 1. The fourth-order valence-corrected chi connectivity index (χ4v) is 1.74. The number of hydrogen-bond acceptors (Lipinski definition) is 3. The Labute approximate surface area is 122 Å². The van der Waals surface area contributed by atoms with Crippen molar-refractivity contribution < 1.29 is 8.42 Å². The van der Waals surface area contributed by atoms with Crippen LogP contribution in [-0.4, -0.2) is 45.5 Å². The first kappa shape index (κ1) is 19.3. The van der Waals surface area contributed by atoms with Crippen LogP contribution in [0.2, 0.25) is 0 Å². The summed E-state index contributed by atoms with van der Waals surface area (Å²) in [4.78, 5) is 4.28. The molecule has 0 unspecified atom stereocenters. The lowest BCUT2D eigenvalue weighted by Gasteiger charge is -2.10. The van der Waals surface area contributed by atoms with Crippen LogP contribution in [-0.2, 0) is 9.84 Å². The van der Waals surface area contributed by atoms with E-state index in [-0.39, 0.29) is 35.5 Å². The Morgan fingerprint density at radius 2 is 1.82 bits per heavy atom. The van der Waals surface area contributed by atoms with Gasteiger partial charge in [-0.3, -0.25) is 4.99 Å². The molecule has 0 fully saturated rings. The molecule has 0 rings (SSSR count). The van der Waals surface area contributed by atoms with Crippen molar-refractivity contribution in [3.63, 3.8) is 0 Å².